The third kappa shape index (κ3) is 3.58. The fourth-order valence-electron chi connectivity index (χ4n) is 2.80. The van der Waals surface area contributed by atoms with Crippen LogP contribution in [-0.4, -0.2) is 23.9 Å². The van der Waals surface area contributed by atoms with Crippen LogP contribution in [0, 0.1) is 13.8 Å². The number of esters is 1. The number of fused-ring (bicyclic) bond motifs is 1. The summed E-state index contributed by atoms with van der Waals surface area (Å²) in [6, 6.07) is 3.73. The van der Waals surface area contributed by atoms with Crippen LogP contribution in [0.15, 0.2) is 27.4 Å². The molecular weight excluding hydrogens is 340 g/mol. The molecule has 8 nitrogen and oxygen atoms in total. The van der Waals surface area contributed by atoms with Crippen molar-refractivity contribution in [2.75, 3.05) is 0 Å². The molecule has 0 aliphatic carbocycles. The lowest BCUT2D eigenvalue weighted by atomic mass is 10.0. The summed E-state index contributed by atoms with van der Waals surface area (Å²) in [5, 5.41) is 5.22. The fraction of sp³-hybridized carbons (Fsp3) is 0.333. The first-order valence-electron chi connectivity index (χ1n) is 8.15. The Hall–Kier alpha value is -3.16. The van der Waals surface area contributed by atoms with Gasteiger partial charge in [-0.15, -0.1) is 0 Å². The second kappa shape index (κ2) is 6.99. The predicted octanol–water partition coefficient (Wildman–Crippen LogP) is 1.44. The fourth-order valence-corrected chi connectivity index (χ4v) is 2.80. The average molecular weight is 358 g/mol. The van der Waals surface area contributed by atoms with Crippen molar-refractivity contribution in [3.8, 4) is 0 Å². The highest BCUT2D eigenvalue weighted by Crippen LogP contribution is 2.23. The van der Waals surface area contributed by atoms with Gasteiger partial charge in [0.15, 0.2) is 0 Å². The van der Waals surface area contributed by atoms with E-state index in [1.54, 1.807) is 0 Å². The monoisotopic (exact) mass is 358 g/mol. The third-order valence-corrected chi connectivity index (χ3v) is 4.40. The van der Waals surface area contributed by atoms with Gasteiger partial charge in [0.25, 0.3) is 5.91 Å². The third-order valence-electron chi connectivity index (χ3n) is 4.40. The molecule has 1 aliphatic rings. The summed E-state index contributed by atoms with van der Waals surface area (Å²) >= 11 is 0. The first-order valence-corrected chi connectivity index (χ1v) is 8.15. The molecule has 1 atom stereocenters. The van der Waals surface area contributed by atoms with E-state index in [1.807, 2.05) is 26.0 Å². The number of rotatable bonds is 5. The van der Waals surface area contributed by atoms with E-state index < -0.39 is 29.6 Å². The number of carbonyl (C=O) groups is 3. The number of hydrogen-bond acceptors (Lipinski definition) is 6. The average Bonchev–Trinajstić information content (AvgIpc) is 2.92. The lowest BCUT2D eigenvalue weighted by molar-refractivity contribution is -0.145. The predicted molar refractivity (Wildman–Crippen MR) is 91.5 cm³/mol. The van der Waals surface area contributed by atoms with E-state index in [4.69, 9.17) is 9.15 Å². The quantitative estimate of drug-likeness (QED) is 0.475. The van der Waals surface area contributed by atoms with Crippen LogP contribution in [0.5, 0.6) is 0 Å². The molecule has 8 heteroatoms. The van der Waals surface area contributed by atoms with Crippen molar-refractivity contribution in [3.05, 3.63) is 45.3 Å². The molecule has 1 aliphatic heterocycles. The van der Waals surface area contributed by atoms with Gasteiger partial charge in [0.1, 0.15) is 18.2 Å². The largest absolute Gasteiger partial charge is 0.461 e. The molecule has 136 valence electrons. The number of ether oxygens (including phenoxy) is 1. The Labute approximate surface area is 148 Å². The molecule has 0 bridgehead atoms. The minimum absolute atomic E-state index is 0.0319. The molecule has 2 N–H and O–H groups in total. The van der Waals surface area contributed by atoms with Crippen molar-refractivity contribution < 1.29 is 23.5 Å². The van der Waals surface area contributed by atoms with E-state index in [2.05, 4.69) is 10.6 Å². The molecule has 1 aromatic carbocycles. The molecule has 0 unspecified atom stereocenters. The zero-order valence-corrected chi connectivity index (χ0v) is 14.4. The van der Waals surface area contributed by atoms with Gasteiger partial charge in [0, 0.05) is 23.4 Å². The smallest absolute Gasteiger partial charge is 0.336 e. The van der Waals surface area contributed by atoms with E-state index in [0.29, 0.717) is 16.5 Å². The number of amides is 3. The number of benzene rings is 1. The molecule has 0 radical (unpaired) electrons. The van der Waals surface area contributed by atoms with Gasteiger partial charge in [0.2, 0.25) is 0 Å². The summed E-state index contributed by atoms with van der Waals surface area (Å²) in [5.74, 6) is -0.982. The molecule has 3 amide bonds. The van der Waals surface area contributed by atoms with Crippen LogP contribution in [0.3, 0.4) is 0 Å². The molecule has 2 aromatic rings. The van der Waals surface area contributed by atoms with Gasteiger partial charge >= 0.3 is 17.6 Å². The number of imide groups is 1. The Morgan fingerprint density at radius 1 is 1.23 bits per heavy atom. The Kier molecular flexibility index (Phi) is 4.75. The zero-order valence-electron chi connectivity index (χ0n) is 14.4. The minimum Gasteiger partial charge on any atom is -0.461 e. The zero-order chi connectivity index (χ0) is 18.8. The molecule has 1 saturated heterocycles. The molecule has 0 spiro atoms. The summed E-state index contributed by atoms with van der Waals surface area (Å²) in [6.45, 7) is 3.70. The van der Waals surface area contributed by atoms with Crippen LogP contribution in [0.25, 0.3) is 11.0 Å². The lowest BCUT2D eigenvalue weighted by Crippen LogP contribution is -2.29. The lowest BCUT2D eigenvalue weighted by Gasteiger charge is -2.10. The number of hydrogen-bond donors (Lipinski definition) is 2. The van der Waals surface area contributed by atoms with Crippen LogP contribution >= 0.6 is 0 Å². The van der Waals surface area contributed by atoms with Crippen molar-refractivity contribution in [2.45, 2.75) is 39.3 Å². The van der Waals surface area contributed by atoms with Crippen LogP contribution in [-0.2, 0) is 20.9 Å². The maximum Gasteiger partial charge on any atom is 0.336 e. The molecule has 0 saturated carbocycles. The van der Waals surface area contributed by atoms with Gasteiger partial charge < -0.3 is 14.5 Å². The highest BCUT2D eigenvalue weighted by molar-refractivity contribution is 6.04. The second-order valence-electron chi connectivity index (χ2n) is 6.19. The van der Waals surface area contributed by atoms with Gasteiger partial charge in [-0.3, -0.25) is 14.9 Å². The first-order chi connectivity index (χ1) is 12.3. The van der Waals surface area contributed by atoms with Crippen LogP contribution in [0.1, 0.15) is 29.5 Å². The molecule has 1 fully saturated rings. The number of carbonyl (C=O) groups excluding carboxylic acids is 3. The van der Waals surface area contributed by atoms with Crippen molar-refractivity contribution in [2.24, 2.45) is 0 Å². The highest BCUT2D eigenvalue weighted by atomic mass is 16.5. The highest BCUT2D eigenvalue weighted by Gasteiger charge is 2.29. The second-order valence-corrected chi connectivity index (χ2v) is 6.19. The molecule has 2 heterocycles. The maximum atomic E-state index is 11.9. The van der Waals surface area contributed by atoms with Crippen molar-refractivity contribution >= 4 is 28.9 Å². The minimum atomic E-state index is -0.731. The van der Waals surface area contributed by atoms with Crippen LogP contribution in [0.2, 0.25) is 0 Å². The molecule has 26 heavy (non-hydrogen) atoms. The van der Waals surface area contributed by atoms with Crippen molar-refractivity contribution in [3.63, 3.8) is 0 Å². The van der Waals surface area contributed by atoms with E-state index >= 15 is 0 Å². The summed E-state index contributed by atoms with van der Waals surface area (Å²) < 4.78 is 10.5. The number of aryl methyl sites for hydroxylation is 2. The van der Waals surface area contributed by atoms with Gasteiger partial charge in [-0.2, -0.15) is 0 Å². The van der Waals surface area contributed by atoms with Gasteiger partial charge in [-0.1, -0.05) is 12.1 Å². The van der Waals surface area contributed by atoms with E-state index in [1.165, 1.54) is 6.07 Å². The Morgan fingerprint density at radius 2 is 2.00 bits per heavy atom. The summed E-state index contributed by atoms with van der Waals surface area (Å²) in [6.07, 6.45) is 0.113. The molecule has 3 rings (SSSR count). The summed E-state index contributed by atoms with van der Waals surface area (Å²) in [5.41, 5.74) is 2.37. The maximum absolute atomic E-state index is 11.9. The van der Waals surface area contributed by atoms with Crippen molar-refractivity contribution in [1.82, 2.24) is 10.6 Å². The molecule has 1 aromatic heterocycles. The Bertz CT molecular complexity index is 962. The number of nitrogens with one attached hydrogen (secondary N) is 2. The first kappa shape index (κ1) is 17.7. The van der Waals surface area contributed by atoms with E-state index in [0.717, 1.165) is 11.1 Å². The Balaban J connectivity index is 1.67. The van der Waals surface area contributed by atoms with Crippen LogP contribution < -0.4 is 16.3 Å². The van der Waals surface area contributed by atoms with Crippen molar-refractivity contribution in [1.29, 1.82) is 0 Å². The number of urea groups is 1. The van der Waals surface area contributed by atoms with Gasteiger partial charge in [0.05, 0.1) is 0 Å². The Morgan fingerprint density at radius 3 is 2.69 bits per heavy atom. The van der Waals surface area contributed by atoms with Gasteiger partial charge in [-0.05, 0) is 31.4 Å². The normalized spacial score (nSPS) is 16.5. The SMILES string of the molecule is Cc1ccc2c(COC(=O)CC[C@H]3NC(=O)NC3=O)cc(=O)oc2c1C. The van der Waals surface area contributed by atoms with E-state index in [-0.39, 0.29) is 19.4 Å². The van der Waals surface area contributed by atoms with Gasteiger partial charge in [-0.25, -0.2) is 9.59 Å². The summed E-state index contributed by atoms with van der Waals surface area (Å²) in [4.78, 5) is 46.2. The standard InChI is InChI=1S/C18H18N2O6/c1-9-3-4-12-11(7-15(22)26-16(12)10(9)2)8-25-14(21)6-5-13-17(23)20-18(24)19-13/h3-4,7,13H,5-6,8H2,1-2H3,(H2,19,20,23,24)/t13-/m1/s1. The van der Waals surface area contributed by atoms with Crippen LogP contribution in [0.4, 0.5) is 4.79 Å². The summed E-state index contributed by atoms with van der Waals surface area (Å²) in [7, 11) is 0. The molecular formula is C18H18N2O6. The topological polar surface area (TPSA) is 115 Å². The van der Waals surface area contributed by atoms with E-state index in [9.17, 15) is 19.2 Å².